The molecule has 0 spiro atoms. The number of sulfonamides is 1. The second kappa shape index (κ2) is 12.6. The Bertz CT molecular complexity index is 1700. The van der Waals surface area contributed by atoms with Crippen LogP contribution < -0.4 is 9.04 Å². The van der Waals surface area contributed by atoms with Crippen molar-refractivity contribution in [1.29, 1.82) is 5.26 Å². The van der Waals surface area contributed by atoms with Gasteiger partial charge in [0.25, 0.3) is 0 Å². The fourth-order valence-corrected chi connectivity index (χ4v) is 5.84. The Morgan fingerprint density at radius 3 is 2.49 bits per heavy atom. The number of aromatic nitrogens is 4. The number of anilines is 1. The molecule has 0 amide bonds. The summed E-state index contributed by atoms with van der Waals surface area (Å²) in [6.07, 6.45) is -0.279. The molecule has 2 aromatic carbocycles. The first-order valence-electron chi connectivity index (χ1n) is 11.6. The van der Waals surface area contributed by atoms with Gasteiger partial charge in [0.15, 0.2) is 11.5 Å². The van der Waals surface area contributed by atoms with Crippen LogP contribution in [0.15, 0.2) is 60.1 Å². The number of methoxy groups -OCH3 is 1. The van der Waals surface area contributed by atoms with Crippen molar-refractivity contribution in [2.45, 2.75) is 18.3 Å². The van der Waals surface area contributed by atoms with Crippen molar-refractivity contribution in [2.24, 2.45) is 0 Å². The summed E-state index contributed by atoms with van der Waals surface area (Å²) in [5.41, 5.74) is 0.430. The van der Waals surface area contributed by atoms with Crippen LogP contribution in [0.2, 0.25) is 0 Å². The van der Waals surface area contributed by atoms with Crippen molar-refractivity contribution in [3.05, 3.63) is 83.4 Å². The van der Waals surface area contributed by atoms with E-state index in [2.05, 4.69) is 27.3 Å². The van der Waals surface area contributed by atoms with Crippen molar-refractivity contribution in [1.82, 2.24) is 19.7 Å². The number of nitriles is 1. The van der Waals surface area contributed by atoms with Crippen LogP contribution in [0.3, 0.4) is 0 Å². The van der Waals surface area contributed by atoms with E-state index in [4.69, 9.17) is 10.00 Å². The first-order valence-corrected chi connectivity index (χ1v) is 16.5. The van der Waals surface area contributed by atoms with E-state index in [0.717, 1.165) is 8.87 Å². The molecule has 12 nitrogen and oxygen atoms in total. The molecule has 0 fully saturated rings. The Morgan fingerprint density at radius 1 is 1.20 bits per heavy atom. The molecule has 0 aliphatic carbocycles. The number of ether oxygens (including phenoxy) is 1. The number of hydrogen-bond acceptors (Lipinski definition) is 11. The maximum atomic E-state index is 14.1. The van der Waals surface area contributed by atoms with Crippen LogP contribution in [0.1, 0.15) is 24.2 Å². The largest absolute Gasteiger partial charge is 0.506 e. The van der Waals surface area contributed by atoms with Gasteiger partial charge in [0.2, 0.25) is 21.9 Å². The summed E-state index contributed by atoms with van der Waals surface area (Å²) in [5, 5.41) is 49.9. The van der Waals surface area contributed by atoms with Crippen LogP contribution >= 0.6 is 30.1 Å². The van der Waals surface area contributed by atoms with E-state index >= 15 is 0 Å². The lowest BCUT2D eigenvalue weighted by Crippen LogP contribution is -2.38. The zero-order chi connectivity index (χ0) is 29.7. The number of rotatable bonds is 10. The minimum Gasteiger partial charge on any atom is -0.506 e. The summed E-state index contributed by atoms with van der Waals surface area (Å²) in [4.78, 5) is 4.27. The molecule has 210 valence electrons. The van der Waals surface area contributed by atoms with Gasteiger partial charge in [-0.25, -0.2) is 17.7 Å². The third-order valence-corrected chi connectivity index (χ3v) is 9.04. The van der Waals surface area contributed by atoms with Crippen molar-refractivity contribution < 1.29 is 28.5 Å². The molecule has 41 heavy (non-hydrogen) atoms. The van der Waals surface area contributed by atoms with Crippen molar-refractivity contribution in [3.63, 3.8) is 0 Å². The maximum Gasteiger partial charge on any atom is 0.250 e. The van der Waals surface area contributed by atoms with Gasteiger partial charge in [-0.1, -0.05) is 33.2 Å². The highest BCUT2D eigenvalue weighted by Gasteiger charge is 2.38. The lowest BCUT2D eigenvalue weighted by Gasteiger charge is -2.27. The second-order valence-corrected chi connectivity index (χ2v) is 12.5. The molecule has 4 aromatic rings. The highest BCUT2D eigenvalue weighted by molar-refractivity contribution is 14.2. The number of phenolic OH excluding ortho intramolecular Hbond substituents is 2. The van der Waals surface area contributed by atoms with Crippen LogP contribution in [0, 0.1) is 23.5 Å². The molecule has 3 N–H and O–H groups in total. The number of hydrogen-bond donors (Lipinski definition) is 3. The second-order valence-electron chi connectivity index (χ2n) is 8.32. The minimum atomic E-state index is -4.46. The van der Waals surface area contributed by atoms with Gasteiger partial charge in [-0.2, -0.15) is 5.26 Å². The highest BCUT2D eigenvalue weighted by Crippen LogP contribution is 2.38. The lowest BCUT2D eigenvalue weighted by atomic mass is 10.1. The van der Waals surface area contributed by atoms with Gasteiger partial charge in [0, 0.05) is 27.4 Å². The van der Waals surface area contributed by atoms with Gasteiger partial charge < -0.3 is 20.1 Å². The van der Waals surface area contributed by atoms with Gasteiger partial charge in [-0.05, 0) is 48.2 Å². The Labute approximate surface area is 252 Å². The minimum absolute atomic E-state index is 0.0287. The number of phenols is 2. The summed E-state index contributed by atoms with van der Waals surface area (Å²) in [7, 11) is -1.90. The van der Waals surface area contributed by atoms with Crippen molar-refractivity contribution >= 4 is 46.1 Å². The van der Waals surface area contributed by atoms with E-state index in [1.165, 1.54) is 83.1 Å². The number of aromatic hydroxyl groups is 2. The van der Waals surface area contributed by atoms with E-state index in [1.807, 2.05) is 27.3 Å². The molecular formula is C26H21IN6O6S2. The lowest BCUT2D eigenvalue weighted by molar-refractivity contribution is 0.176. The van der Waals surface area contributed by atoms with Crippen LogP contribution in [0.5, 0.6) is 17.4 Å². The molecule has 0 saturated carbocycles. The number of benzene rings is 2. The van der Waals surface area contributed by atoms with E-state index in [1.54, 1.807) is 0 Å². The monoisotopic (exact) mass is 704 g/mol. The smallest absolute Gasteiger partial charge is 0.250 e. The quantitative estimate of drug-likeness (QED) is 0.203. The zero-order valence-electron chi connectivity index (χ0n) is 21.4. The van der Waals surface area contributed by atoms with Gasteiger partial charge in [0.05, 0.1) is 30.9 Å². The Morgan fingerprint density at radius 2 is 1.88 bits per heavy atom. The predicted molar refractivity (Wildman–Crippen MR) is 160 cm³/mol. The third kappa shape index (κ3) is 6.03. The number of halogens is 1. The topological polar surface area (TPSA) is 175 Å². The van der Waals surface area contributed by atoms with E-state index in [9.17, 15) is 23.7 Å². The molecule has 15 heteroatoms. The summed E-state index contributed by atoms with van der Waals surface area (Å²) in [6.45, 7) is 1.32. The Hall–Kier alpha value is -4.03. The van der Waals surface area contributed by atoms with Gasteiger partial charge in [0.1, 0.15) is 22.4 Å². The van der Waals surface area contributed by atoms with Crippen LogP contribution in [-0.2, 0) is 10.0 Å². The Balaban J connectivity index is 1.93. The Kier molecular flexibility index (Phi) is 9.24. The van der Waals surface area contributed by atoms with Gasteiger partial charge >= 0.3 is 0 Å². The number of para-hydroxylation sites is 1. The SMILES string of the molecule is COc1cc#cc(-c2nnc(N(/C=C/SI)S(=O)(=O)[C@@H](C)[C@H](O)c3ccc(C#N)cc3)n2-c2c(O)cccc2O)n1. The molecule has 0 saturated heterocycles. The van der Waals surface area contributed by atoms with E-state index < -0.39 is 32.9 Å². The average Bonchev–Trinajstić information content (AvgIpc) is 3.40. The molecule has 4 rings (SSSR count). The fourth-order valence-electron chi connectivity index (χ4n) is 3.79. The summed E-state index contributed by atoms with van der Waals surface area (Å²) in [5.74, 6) is -1.11. The highest BCUT2D eigenvalue weighted by atomic mass is 127. The fraction of sp³-hybridized carbons (Fsp3) is 0.154. The molecule has 2 atom stereocenters. The summed E-state index contributed by atoms with van der Waals surface area (Å²) < 4.78 is 35.2. The van der Waals surface area contributed by atoms with Crippen molar-refractivity contribution in [2.75, 3.05) is 11.4 Å². The van der Waals surface area contributed by atoms with Crippen LogP contribution in [0.4, 0.5) is 5.95 Å². The van der Waals surface area contributed by atoms with Gasteiger partial charge in [-0.3, -0.25) is 4.57 Å². The predicted octanol–water partition coefficient (Wildman–Crippen LogP) is 4.03. The number of aliphatic hydroxyl groups is 1. The van der Waals surface area contributed by atoms with Crippen LogP contribution in [-0.4, -0.2) is 55.8 Å². The summed E-state index contributed by atoms with van der Waals surface area (Å²) in [6, 6.07) is 18.8. The zero-order valence-corrected chi connectivity index (χ0v) is 25.2. The van der Waals surface area contributed by atoms with Crippen molar-refractivity contribution in [3.8, 4) is 40.7 Å². The molecule has 0 aliphatic rings. The molecule has 0 unspecified atom stereocenters. The number of nitrogens with zero attached hydrogens (tertiary/aromatic N) is 6. The third-order valence-electron chi connectivity index (χ3n) is 5.91. The van der Waals surface area contributed by atoms with Crippen LogP contribution in [0.25, 0.3) is 17.2 Å². The first kappa shape index (κ1) is 29.9. The normalized spacial score (nSPS) is 12.9. The molecule has 0 bridgehead atoms. The maximum absolute atomic E-state index is 14.1. The molecule has 0 aliphatic heterocycles. The number of aliphatic hydroxyl groups excluding tert-OH is 1. The molecular weight excluding hydrogens is 683 g/mol. The summed E-state index contributed by atoms with van der Waals surface area (Å²) >= 11 is 1.94. The molecule has 2 heterocycles. The first-order chi connectivity index (χ1) is 19.6. The standard InChI is InChI=1S/C26H21IN6O6S2/c1-16(24(36)18-11-9-17(15-28)10-12-18)41(37,38)32(13-14-40-27)26-31-30-25(19-5-3-8-22(29-19)39-2)33(26)23-20(34)6-4-7-21(23)35/h4,6-14,16,24,34-36H,1-2H3/b14-13+/t16-,24-/m0/s1. The average molecular weight is 705 g/mol. The molecule has 0 radical (unpaired) electrons. The van der Waals surface area contributed by atoms with Gasteiger partial charge in [-0.15, -0.1) is 10.2 Å². The molecule has 2 aromatic heterocycles. The van der Waals surface area contributed by atoms with E-state index in [-0.39, 0.29) is 34.6 Å². The van der Waals surface area contributed by atoms with E-state index in [0.29, 0.717) is 5.56 Å².